The minimum atomic E-state index is 0.726. The van der Waals surface area contributed by atoms with Crippen LogP contribution in [0.25, 0.3) is 5.69 Å². The maximum absolute atomic E-state index is 4.02. The van der Waals surface area contributed by atoms with E-state index in [4.69, 9.17) is 0 Å². The molecule has 0 unspecified atom stereocenters. The highest BCUT2D eigenvalue weighted by atomic mass is 15.4. The molecule has 6 nitrogen and oxygen atoms in total. The van der Waals surface area contributed by atoms with E-state index in [1.54, 1.807) is 17.1 Å². The van der Waals surface area contributed by atoms with Crippen LogP contribution in [0.3, 0.4) is 0 Å². The maximum Gasteiger partial charge on any atom is 0.115 e. The Morgan fingerprint density at radius 1 is 1.33 bits per heavy atom. The second-order valence-corrected chi connectivity index (χ2v) is 3.03. The summed E-state index contributed by atoms with van der Waals surface area (Å²) in [6.07, 6.45) is 6.73. The van der Waals surface area contributed by atoms with Gasteiger partial charge in [-0.25, -0.2) is 14.6 Å². The molecule has 0 saturated heterocycles. The van der Waals surface area contributed by atoms with Crippen molar-refractivity contribution in [1.29, 1.82) is 0 Å². The van der Waals surface area contributed by atoms with Crippen LogP contribution in [0.15, 0.2) is 24.9 Å². The lowest BCUT2D eigenvalue weighted by Crippen LogP contribution is -2.11. The molecule has 0 aliphatic rings. The van der Waals surface area contributed by atoms with Crippen molar-refractivity contribution in [2.75, 3.05) is 6.54 Å². The largest absolute Gasteiger partial charge is 0.311 e. The standard InChI is InChI=1S/C9H12N6/c1-2-10-3-8-6-15(14-13-8)9-4-11-7-12-5-9/h4-7,10H,2-3H2,1H3. The monoisotopic (exact) mass is 204 g/mol. The fourth-order valence-corrected chi connectivity index (χ4v) is 1.17. The van der Waals surface area contributed by atoms with Crippen LogP contribution in [0.2, 0.25) is 0 Å². The number of hydrogen-bond donors (Lipinski definition) is 1. The van der Waals surface area contributed by atoms with Crippen molar-refractivity contribution in [2.45, 2.75) is 13.5 Å². The second-order valence-electron chi connectivity index (χ2n) is 3.03. The minimum absolute atomic E-state index is 0.726. The molecule has 0 saturated carbocycles. The van der Waals surface area contributed by atoms with Crippen LogP contribution in [-0.4, -0.2) is 31.5 Å². The summed E-state index contributed by atoms with van der Waals surface area (Å²) in [5.74, 6) is 0. The number of nitrogens with zero attached hydrogens (tertiary/aromatic N) is 5. The van der Waals surface area contributed by atoms with Crippen LogP contribution in [0.1, 0.15) is 12.6 Å². The highest BCUT2D eigenvalue weighted by molar-refractivity contribution is 5.22. The predicted octanol–water partition coefficient (Wildman–Crippen LogP) is 0.167. The Bertz CT molecular complexity index is 410. The lowest BCUT2D eigenvalue weighted by atomic mass is 10.4. The second kappa shape index (κ2) is 4.61. The Hall–Kier alpha value is -1.82. The van der Waals surface area contributed by atoms with E-state index >= 15 is 0 Å². The molecule has 0 radical (unpaired) electrons. The Labute approximate surface area is 87.4 Å². The molecular formula is C9H12N6. The third-order valence-electron chi connectivity index (χ3n) is 1.91. The Morgan fingerprint density at radius 3 is 2.87 bits per heavy atom. The van der Waals surface area contributed by atoms with Gasteiger partial charge in [0.1, 0.15) is 12.0 Å². The van der Waals surface area contributed by atoms with E-state index in [1.165, 1.54) is 6.33 Å². The summed E-state index contributed by atoms with van der Waals surface area (Å²) in [7, 11) is 0. The van der Waals surface area contributed by atoms with Gasteiger partial charge < -0.3 is 5.32 Å². The third-order valence-corrected chi connectivity index (χ3v) is 1.91. The number of nitrogens with one attached hydrogen (secondary N) is 1. The van der Waals surface area contributed by atoms with Crippen molar-refractivity contribution in [1.82, 2.24) is 30.3 Å². The molecule has 0 spiro atoms. The van der Waals surface area contributed by atoms with E-state index in [9.17, 15) is 0 Å². The first-order chi connectivity index (χ1) is 7.40. The summed E-state index contributed by atoms with van der Waals surface area (Å²) in [6.45, 7) is 3.70. The average Bonchev–Trinajstić information content (AvgIpc) is 2.76. The molecule has 2 aromatic heterocycles. The molecule has 0 atom stereocenters. The molecule has 0 fully saturated rings. The van der Waals surface area contributed by atoms with Gasteiger partial charge in [-0.3, -0.25) is 0 Å². The van der Waals surface area contributed by atoms with Gasteiger partial charge in [0.25, 0.3) is 0 Å². The van der Waals surface area contributed by atoms with Gasteiger partial charge in [-0.05, 0) is 6.54 Å². The van der Waals surface area contributed by atoms with Gasteiger partial charge in [0.15, 0.2) is 0 Å². The van der Waals surface area contributed by atoms with E-state index in [0.717, 1.165) is 24.5 Å². The highest BCUT2D eigenvalue weighted by Crippen LogP contribution is 2.02. The van der Waals surface area contributed by atoms with Gasteiger partial charge in [-0.15, -0.1) is 5.10 Å². The molecule has 78 valence electrons. The molecule has 2 aromatic rings. The van der Waals surface area contributed by atoms with Crippen LogP contribution in [-0.2, 0) is 6.54 Å². The molecule has 1 N–H and O–H groups in total. The van der Waals surface area contributed by atoms with E-state index < -0.39 is 0 Å². The molecule has 0 aromatic carbocycles. The molecular weight excluding hydrogens is 192 g/mol. The molecule has 15 heavy (non-hydrogen) atoms. The molecule has 0 bridgehead atoms. The van der Waals surface area contributed by atoms with Crippen molar-refractivity contribution < 1.29 is 0 Å². The first kappa shape index (κ1) is 9.72. The summed E-state index contributed by atoms with van der Waals surface area (Å²) < 4.78 is 1.66. The van der Waals surface area contributed by atoms with Crippen molar-refractivity contribution >= 4 is 0 Å². The van der Waals surface area contributed by atoms with Crippen molar-refractivity contribution in [3.63, 3.8) is 0 Å². The summed E-state index contributed by atoms with van der Waals surface area (Å²) in [6, 6.07) is 0. The topological polar surface area (TPSA) is 68.5 Å². The summed E-state index contributed by atoms with van der Waals surface area (Å²) in [5.41, 5.74) is 1.72. The summed E-state index contributed by atoms with van der Waals surface area (Å²) >= 11 is 0. The number of aromatic nitrogens is 5. The molecule has 6 heteroatoms. The number of hydrogen-bond acceptors (Lipinski definition) is 5. The Morgan fingerprint density at radius 2 is 2.13 bits per heavy atom. The zero-order valence-corrected chi connectivity index (χ0v) is 8.46. The van der Waals surface area contributed by atoms with E-state index in [2.05, 4.69) is 32.5 Å². The molecule has 2 rings (SSSR count). The van der Waals surface area contributed by atoms with Crippen molar-refractivity contribution in [3.8, 4) is 5.69 Å². The smallest absolute Gasteiger partial charge is 0.115 e. The quantitative estimate of drug-likeness (QED) is 0.768. The van der Waals surface area contributed by atoms with Gasteiger partial charge in [-0.1, -0.05) is 12.1 Å². The molecule has 0 aliphatic carbocycles. The van der Waals surface area contributed by atoms with E-state index in [-0.39, 0.29) is 0 Å². The van der Waals surface area contributed by atoms with E-state index in [1.807, 2.05) is 6.20 Å². The lowest BCUT2D eigenvalue weighted by molar-refractivity contribution is 0.705. The van der Waals surface area contributed by atoms with E-state index in [0.29, 0.717) is 0 Å². The molecule has 0 amide bonds. The fourth-order valence-electron chi connectivity index (χ4n) is 1.17. The van der Waals surface area contributed by atoms with Crippen molar-refractivity contribution in [2.24, 2.45) is 0 Å². The van der Waals surface area contributed by atoms with Gasteiger partial charge in [0.05, 0.1) is 24.3 Å². The third kappa shape index (κ3) is 2.35. The first-order valence-electron chi connectivity index (χ1n) is 4.77. The molecule has 0 aliphatic heterocycles. The van der Waals surface area contributed by atoms with Gasteiger partial charge in [0, 0.05) is 6.54 Å². The predicted molar refractivity (Wildman–Crippen MR) is 54.3 cm³/mol. The fraction of sp³-hybridized carbons (Fsp3) is 0.333. The van der Waals surface area contributed by atoms with Crippen molar-refractivity contribution in [3.05, 3.63) is 30.6 Å². The van der Waals surface area contributed by atoms with Gasteiger partial charge in [0.2, 0.25) is 0 Å². The SMILES string of the molecule is CCNCc1cn(-c2cncnc2)nn1. The minimum Gasteiger partial charge on any atom is -0.311 e. The zero-order chi connectivity index (χ0) is 10.5. The summed E-state index contributed by atoms with van der Waals surface area (Å²) in [5, 5.41) is 11.2. The maximum atomic E-state index is 4.02. The van der Waals surface area contributed by atoms with Crippen LogP contribution >= 0.6 is 0 Å². The van der Waals surface area contributed by atoms with Gasteiger partial charge >= 0.3 is 0 Å². The highest BCUT2D eigenvalue weighted by Gasteiger charge is 2.01. The van der Waals surface area contributed by atoms with Crippen LogP contribution < -0.4 is 5.32 Å². The van der Waals surface area contributed by atoms with Crippen LogP contribution in [0.5, 0.6) is 0 Å². The van der Waals surface area contributed by atoms with Crippen LogP contribution in [0.4, 0.5) is 0 Å². The first-order valence-corrected chi connectivity index (χ1v) is 4.77. The average molecular weight is 204 g/mol. The van der Waals surface area contributed by atoms with Gasteiger partial charge in [-0.2, -0.15) is 0 Å². The Balaban J connectivity index is 2.14. The Kier molecular flexibility index (Phi) is 2.99. The zero-order valence-electron chi connectivity index (χ0n) is 8.46. The normalized spacial score (nSPS) is 10.5. The summed E-state index contributed by atoms with van der Waals surface area (Å²) in [4.78, 5) is 7.83. The lowest BCUT2D eigenvalue weighted by Gasteiger charge is -1.96. The number of rotatable bonds is 4. The molecule has 2 heterocycles. The van der Waals surface area contributed by atoms with Crippen LogP contribution in [0, 0.1) is 0 Å².